The summed E-state index contributed by atoms with van der Waals surface area (Å²) >= 11 is 0. The molecular formula is C18H16N6O. The summed E-state index contributed by atoms with van der Waals surface area (Å²) in [6.07, 6.45) is 3.61. The topological polar surface area (TPSA) is 101 Å². The minimum absolute atomic E-state index is 0.448. The lowest BCUT2D eigenvalue weighted by atomic mass is 10.3. The van der Waals surface area contributed by atoms with Crippen molar-refractivity contribution in [3.8, 4) is 6.07 Å². The Morgan fingerprint density at radius 3 is 2.16 bits per heavy atom. The van der Waals surface area contributed by atoms with Gasteiger partial charge in [-0.1, -0.05) is 12.1 Å². The summed E-state index contributed by atoms with van der Waals surface area (Å²) in [6, 6.07) is 13.3. The normalized spacial score (nSPS) is 10.3. The predicted molar refractivity (Wildman–Crippen MR) is 93.1 cm³/mol. The molecule has 4 aromatic heterocycles. The van der Waals surface area contributed by atoms with Crippen LogP contribution in [0.25, 0.3) is 11.3 Å². The highest BCUT2D eigenvalue weighted by Crippen LogP contribution is 2.10. The first-order chi connectivity index (χ1) is 12.0. The first-order valence-electron chi connectivity index (χ1n) is 7.60. The fourth-order valence-corrected chi connectivity index (χ4v) is 2.66. The first-order valence-corrected chi connectivity index (χ1v) is 7.60. The minimum atomic E-state index is -0.448. The van der Waals surface area contributed by atoms with Gasteiger partial charge in [0.05, 0.1) is 11.4 Å². The maximum Gasteiger partial charge on any atom is 0.267 e. The van der Waals surface area contributed by atoms with E-state index in [0.29, 0.717) is 17.1 Å². The number of imidazole rings is 2. The van der Waals surface area contributed by atoms with Crippen molar-refractivity contribution in [2.75, 3.05) is 0 Å². The van der Waals surface area contributed by atoms with E-state index in [4.69, 9.17) is 11.0 Å². The van der Waals surface area contributed by atoms with Crippen LogP contribution in [0.15, 0.2) is 48.8 Å². The molecule has 4 heterocycles. The van der Waals surface area contributed by atoms with Gasteiger partial charge in [-0.25, -0.2) is 9.97 Å². The molecule has 124 valence electrons. The van der Waals surface area contributed by atoms with E-state index in [-0.39, 0.29) is 0 Å². The van der Waals surface area contributed by atoms with E-state index in [9.17, 15) is 4.79 Å². The Kier molecular flexibility index (Phi) is 4.18. The molecule has 0 atom stereocenters. The summed E-state index contributed by atoms with van der Waals surface area (Å²) < 4.78 is 3.48. The average Bonchev–Trinajstić information content (AvgIpc) is 3.10. The van der Waals surface area contributed by atoms with Gasteiger partial charge < -0.3 is 5.73 Å². The number of rotatable bonds is 1. The molecule has 0 saturated heterocycles. The number of aryl methyl sites for hydroxylation is 2. The van der Waals surface area contributed by atoms with Crippen LogP contribution in [0, 0.1) is 25.2 Å². The van der Waals surface area contributed by atoms with Crippen molar-refractivity contribution < 1.29 is 4.79 Å². The molecule has 4 aromatic rings. The van der Waals surface area contributed by atoms with Crippen molar-refractivity contribution in [1.82, 2.24) is 18.8 Å². The first kappa shape index (κ1) is 16.2. The van der Waals surface area contributed by atoms with Crippen molar-refractivity contribution in [1.29, 1.82) is 5.26 Å². The molecule has 0 aromatic carbocycles. The third-order valence-electron chi connectivity index (χ3n) is 3.75. The van der Waals surface area contributed by atoms with E-state index >= 15 is 0 Å². The molecule has 4 rings (SSSR count). The maximum atomic E-state index is 11.1. The Labute approximate surface area is 144 Å². The number of hydrogen-bond donors (Lipinski definition) is 1. The Hall–Kier alpha value is -3.66. The quantitative estimate of drug-likeness (QED) is 0.577. The van der Waals surface area contributed by atoms with E-state index in [1.165, 1.54) is 0 Å². The van der Waals surface area contributed by atoms with Crippen LogP contribution in [0.2, 0.25) is 0 Å². The van der Waals surface area contributed by atoms with Gasteiger partial charge in [0, 0.05) is 12.4 Å². The zero-order valence-electron chi connectivity index (χ0n) is 13.8. The van der Waals surface area contributed by atoms with Crippen molar-refractivity contribution in [2.24, 2.45) is 5.73 Å². The fourth-order valence-electron chi connectivity index (χ4n) is 2.66. The van der Waals surface area contributed by atoms with Crippen molar-refractivity contribution in [2.45, 2.75) is 13.8 Å². The second-order valence-corrected chi connectivity index (χ2v) is 5.43. The van der Waals surface area contributed by atoms with Gasteiger partial charge >= 0.3 is 0 Å². The van der Waals surface area contributed by atoms with Gasteiger partial charge in [0.2, 0.25) is 0 Å². The molecule has 25 heavy (non-hydrogen) atoms. The summed E-state index contributed by atoms with van der Waals surface area (Å²) in [7, 11) is 0. The number of primary amides is 1. The number of fused-ring (bicyclic) bond motifs is 2. The van der Waals surface area contributed by atoms with Gasteiger partial charge in [0.15, 0.2) is 0 Å². The SMILES string of the molecule is Cc1nc2ccccn2c1C#N.Cc1nc2ccccn2c1C(N)=O. The van der Waals surface area contributed by atoms with Crippen LogP contribution < -0.4 is 5.73 Å². The van der Waals surface area contributed by atoms with Gasteiger partial charge in [-0.15, -0.1) is 0 Å². The van der Waals surface area contributed by atoms with Crippen molar-refractivity contribution >= 4 is 17.2 Å². The number of amides is 1. The minimum Gasteiger partial charge on any atom is -0.364 e. The van der Waals surface area contributed by atoms with Crippen molar-refractivity contribution in [3.63, 3.8) is 0 Å². The Morgan fingerprint density at radius 1 is 1.00 bits per heavy atom. The number of carbonyl (C=O) groups is 1. The third-order valence-corrected chi connectivity index (χ3v) is 3.75. The molecule has 0 saturated carbocycles. The third kappa shape index (κ3) is 2.93. The summed E-state index contributed by atoms with van der Waals surface area (Å²) in [5.74, 6) is -0.448. The highest BCUT2D eigenvalue weighted by Gasteiger charge is 2.12. The molecule has 0 aliphatic heterocycles. The molecule has 0 aliphatic carbocycles. The largest absolute Gasteiger partial charge is 0.364 e. The van der Waals surface area contributed by atoms with E-state index in [1.54, 1.807) is 21.9 Å². The molecule has 0 radical (unpaired) electrons. The molecule has 0 fully saturated rings. The number of nitrogens with zero attached hydrogens (tertiary/aromatic N) is 5. The predicted octanol–water partition coefficient (Wildman–Crippen LogP) is 2.26. The lowest BCUT2D eigenvalue weighted by molar-refractivity contribution is 0.0994. The lowest BCUT2D eigenvalue weighted by Crippen LogP contribution is -2.14. The Balaban J connectivity index is 0.000000146. The molecule has 0 aliphatic rings. The van der Waals surface area contributed by atoms with E-state index in [1.807, 2.05) is 49.5 Å². The standard InChI is InChI=1S/C9H9N3O.C9H7N3/c1-6-8(9(10)13)12-5-3-2-4-7(12)11-6;1-7-8(6-10)12-5-3-2-4-9(12)11-7/h2-5H,1H3,(H2,10,13);2-5H,1H3. The van der Waals surface area contributed by atoms with Crippen LogP contribution in [0.5, 0.6) is 0 Å². The lowest BCUT2D eigenvalue weighted by Gasteiger charge is -1.95. The molecule has 1 amide bonds. The molecule has 2 N–H and O–H groups in total. The van der Waals surface area contributed by atoms with Gasteiger partial charge in [-0.2, -0.15) is 5.26 Å². The second-order valence-electron chi connectivity index (χ2n) is 5.43. The average molecular weight is 332 g/mol. The van der Waals surface area contributed by atoms with E-state index in [0.717, 1.165) is 17.0 Å². The monoisotopic (exact) mass is 332 g/mol. The van der Waals surface area contributed by atoms with Crippen LogP contribution in [-0.2, 0) is 0 Å². The molecule has 7 nitrogen and oxygen atoms in total. The zero-order chi connectivity index (χ0) is 18.0. The van der Waals surface area contributed by atoms with Gasteiger partial charge in [-0.3, -0.25) is 13.6 Å². The van der Waals surface area contributed by atoms with E-state index < -0.39 is 5.91 Å². The smallest absolute Gasteiger partial charge is 0.267 e. The highest BCUT2D eigenvalue weighted by molar-refractivity contribution is 5.93. The summed E-state index contributed by atoms with van der Waals surface area (Å²) in [5, 5.41) is 8.79. The summed E-state index contributed by atoms with van der Waals surface area (Å²) in [4.78, 5) is 19.5. The van der Waals surface area contributed by atoms with Crippen LogP contribution in [0.1, 0.15) is 27.6 Å². The second kappa shape index (κ2) is 6.45. The van der Waals surface area contributed by atoms with Gasteiger partial charge in [-0.05, 0) is 38.1 Å². The number of nitriles is 1. The summed E-state index contributed by atoms with van der Waals surface area (Å²) in [6.45, 7) is 3.61. The molecule has 7 heteroatoms. The molecule has 0 unspecified atom stereocenters. The van der Waals surface area contributed by atoms with Crippen molar-refractivity contribution in [3.05, 3.63) is 71.6 Å². The fraction of sp³-hybridized carbons (Fsp3) is 0.111. The molecular weight excluding hydrogens is 316 g/mol. The maximum absolute atomic E-state index is 11.1. The highest BCUT2D eigenvalue weighted by atomic mass is 16.1. The number of pyridine rings is 2. The van der Waals surface area contributed by atoms with Crippen LogP contribution in [0.3, 0.4) is 0 Å². The molecule has 0 bridgehead atoms. The number of nitrogens with two attached hydrogens (primary N) is 1. The number of carbonyl (C=O) groups excluding carboxylic acids is 1. The molecule has 0 spiro atoms. The van der Waals surface area contributed by atoms with E-state index in [2.05, 4.69) is 16.0 Å². The Bertz CT molecular complexity index is 1120. The van der Waals surface area contributed by atoms with Crippen LogP contribution in [-0.4, -0.2) is 24.7 Å². The van der Waals surface area contributed by atoms with Crippen LogP contribution >= 0.6 is 0 Å². The number of hydrogen-bond acceptors (Lipinski definition) is 4. The van der Waals surface area contributed by atoms with Gasteiger partial charge in [0.1, 0.15) is 28.8 Å². The van der Waals surface area contributed by atoms with Crippen LogP contribution in [0.4, 0.5) is 0 Å². The van der Waals surface area contributed by atoms with Gasteiger partial charge in [0.25, 0.3) is 5.91 Å². The number of aromatic nitrogens is 4. The zero-order valence-corrected chi connectivity index (χ0v) is 13.8. The summed E-state index contributed by atoms with van der Waals surface area (Å²) in [5.41, 5.74) is 9.31. The Morgan fingerprint density at radius 2 is 1.56 bits per heavy atom.